The molecule has 8 nitrogen and oxygen atoms in total. The largest absolute Gasteiger partial charge is 0.348 e. The lowest BCUT2D eigenvalue weighted by Gasteiger charge is -2.23. The van der Waals surface area contributed by atoms with Gasteiger partial charge in [0.15, 0.2) is 5.82 Å². The fourth-order valence-corrected chi connectivity index (χ4v) is 3.83. The minimum atomic E-state index is -0.321. The highest BCUT2D eigenvalue weighted by atomic mass is 19.1. The Morgan fingerprint density at radius 1 is 1.22 bits per heavy atom. The third kappa shape index (κ3) is 4.51. The Hall–Kier alpha value is -3.62. The first kappa shape index (κ1) is 21.6. The Bertz CT molecular complexity index is 1130. The van der Waals surface area contributed by atoms with Gasteiger partial charge in [0.25, 0.3) is 11.8 Å². The Labute approximate surface area is 185 Å². The first-order valence-corrected chi connectivity index (χ1v) is 10.7. The van der Waals surface area contributed by atoms with Crippen LogP contribution in [0, 0.1) is 12.7 Å². The molecule has 0 unspecified atom stereocenters. The Balaban J connectivity index is 1.46. The fraction of sp³-hybridized carbons (Fsp3) is 0.348. The Morgan fingerprint density at radius 3 is 2.69 bits per heavy atom. The topological polar surface area (TPSA) is 93.0 Å². The molecule has 9 heteroatoms. The van der Waals surface area contributed by atoms with Gasteiger partial charge in [0.1, 0.15) is 11.5 Å². The molecule has 0 saturated carbocycles. The number of nitrogens with one attached hydrogen (secondary N) is 1. The molecule has 0 radical (unpaired) electrons. The zero-order valence-electron chi connectivity index (χ0n) is 18.1. The van der Waals surface area contributed by atoms with E-state index in [4.69, 9.17) is 0 Å². The summed E-state index contributed by atoms with van der Waals surface area (Å²) in [4.78, 5) is 36.3. The van der Waals surface area contributed by atoms with Crippen LogP contribution in [0.15, 0.2) is 42.7 Å². The maximum absolute atomic E-state index is 13.0. The maximum Gasteiger partial charge on any atom is 0.274 e. The molecular formula is C23H25FN6O2. The molecule has 4 rings (SSSR count). The molecule has 1 N–H and O–H groups in total. The van der Waals surface area contributed by atoms with Gasteiger partial charge in [0.2, 0.25) is 0 Å². The summed E-state index contributed by atoms with van der Waals surface area (Å²) in [5.74, 6) is -0.235. The van der Waals surface area contributed by atoms with Gasteiger partial charge >= 0.3 is 0 Å². The van der Waals surface area contributed by atoms with Crippen LogP contribution in [0.2, 0.25) is 0 Å². The van der Waals surface area contributed by atoms with Gasteiger partial charge in [0, 0.05) is 32.0 Å². The van der Waals surface area contributed by atoms with E-state index in [0.717, 1.165) is 18.4 Å². The predicted octanol–water partition coefficient (Wildman–Crippen LogP) is 3.05. The molecule has 2 aromatic heterocycles. The van der Waals surface area contributed by atoms with E-state index in [2.05, 4.69) is 20.4 Å². The van der Waals surface area contributed by atoms with Crippen LogP contribution in [0.3, 0.4) is 0 Å². The highest BCUT2D eigenvalue weighted by Gasteiger charge is 2.33. The van der Waals surface area contributed by atoms with Gasteiger partial charge in [-0.2, -0.15) is 5.10 Å². The van der Waals surface area contributed by atoms with Crippen molar-refractivity contribution >= 4 is 11.8 Å². The number of likely N-dealkylation sites (tertiary alicyclic amines) is 1. The van der Waals surface area contributed by atoms with Crippen LogP contribution in [0.5, 0.6) is 0 Å². The van der Waals surface area contributed by atoms with Crippen molar-refractivity contribution in [2.24, 2.45) is 0 Å². The second kappa shape index (κ2) is 9.25. The zero-order chi connectivity index (χ0) is 22.7. The number of halogens is 1. The summed E-state index contributed by atoms with van der Waals surface area (Å²) in [7, 11) is 0. The SMILES string of the molecule is CCn1ccc(C(=O)N2CCC[C@H]2c2ncc(C(=O)NCc3ccc(F)cc3)c(C)n2)n1. The molecule has 0 spiro atoms. The average Bonchev–Trinajstić information content (AvgIpc) is 3.48. The summed E-state index contributed by atoms with van der Waals surface area (Å²) >= 11 is 0. The van der Waals surface area contributed by atoms with Crippen LogP contribution >= 0.6 is 0 Å². The van der Waals surface area contributed by atoms with Crippen molar-refractivity contribution < 1.29 is 14.0 Å². The fourth-order valence-electron chi connectivity index (χ4n) is 3.83. The molecule has 166 valence electrons. The van der Waals surface area contributed by atoms with E-state index in [-0.39, 0.29) is 30.2 Å². The number of rotatable bonds is 6. The van der Waals surface area contributed by atoms with Crippen molar-refractivity contribution in [3.8, 4) is 0 Å². The number of benzene rings is 1. The van der Waals surface area contributed by atoms with Crippen molar-refractivity contribution in [3.63, 3.8) is 0 Å². The van der Waals surface area contributed by atoms with E-state index in [1.54, 1.807) is 40.9 Å². The third-order valence-electron chi connectivity index (χ3n) is 5.60. The summed E-state index contributed by atoms with van der Waals surface area (Å²) in [6.07, 6.45) is 4.91. The van der Waals surface area contributed by atoms with Crippen LogP contribution in [-0.4, -0.2) is 43.0 Å². The summed E-state index contributed by atoms with van der Waals surface area (Å²) in [5.41, 5.74) is 2.11. The summed E-state index contributed by atoms with van der Waals surface area (Å²) < 4.78 is 14.7. The van der Waals surface area contributed by atoms with Gasteiger partial charge in [0.05, 0.1) is 17.3 Å². The highest BCUT2D eigenvalue weighted by molar-refractivity contribution is 5.95. The van der Waals surface area contributed by atoms with E-state index >= 15 is 0 Å². The predicted molar refractivity (Wildman–Crippen MR) is 115 cm³/mol. The van der Waals surface area contributed by atoms with Gasteiger partial charge in [-0.25, -0.2) is 14.4 Å². The minimum Gasteiger partial charge on any atom is -0.348 e. The minimum absolute atomic E-state index is 0.137. The first-order valence-electron chi connectivity index (χ1n) is 10.7. The number of carbonyl (C=O) groups excluding carboxylic acids is 2. The standard InChI is InChI=1S/C23H25FN6O2/c1-3-29-12-10-19(28-29)23(32)30-11-4-5-20(30)21-25-14-18(15(2)27-21)22(31)26-13-16-6-8-17(24)9-7-16/h6-10,12,14,20H,3-5,11,13H2,1-2H3,(H,26,31)/t20-/m0/s1. The molecule has 1 saturated heterocycles. The van der Waals surface area contributed by atoms with Crippen LogP contribution in [0.1, 0.15) is 63.7 Å². The van der Waals surface area contributed by atoms with Crippen molar-refractivity contribution in [3.05, 3.63) is 76.9 Å². The van der Waals surface area contributed by atoms with E-state index in [1.165, 1.54) is 18.3 Å². The van der Waals surface area contributed by atoms with Crippen LogP contribution < -0.4 is 5.32 Å². The molecule has 0 bridgehead atoms. The molecule has 0 aliphatic carbocycles. The van der Waals surface area contributed by atoms with Gasteiger partial charge in [-0.15, -0.1) is 0 Å². The van der Waals surface area contributed by atoms with Gasteiger partial charge in [-0.05, 0) is 50.5 Å². The van der Waals surface area contributed by atoms with E-state index in [9.17, 15) is 14.0 Å². The number of aromatic nitrogens is 4. The molecule has 1 aromatic carbocycles. The Kier molecular flexibility index (Phi) is 6.25. The average molecular weight is 436 g/mol. The first-order chi connectivity index (χ1) is 15.5. The van der Waals surface area contributed by atoms with Crippen molar-refractivity contribution in [1.82, 2.24) is 30.0 Å². The van der Waals surface area contributed by atoms with Crippen molar-refractivity contribution in [1.29, 1.82) is 0 Å². The number of nitrogens with zero attached hydrogens (tertiary/aromatic N) is 5. The number of hydrogen-bond acceptors (Lipinski definition) is 5. The molecule has 32 heavy (non-hydrogen) atoms. The molecule has 3 aromatic rings. The monoisotopic (exact) mass is 436 g/mol. The second-order valence-electron chi connectivity index (χ2n) is 7.75. The van der Waals surface area contributed by atoms with Crippen molar-refractivity contribution in [2.75, 3.05) is 6.54 Å². The normalized spacial score (nSPS) is 15.7. The smallest absolute Gasteiger partial charge is 0.274 e. The lowest BCUT2D eigenvalue weighted by Crippen LogP contribution is -2.32. The van der Waals surface area contributed by atoms with Gasteiger partial charge in [-0.1, -0.05) is 12.1 Å². The van der Waals surface area contributed by atoms with E-state index in [0.29, 0.717) is 35.9 Å². The summed E-state index contributed by atoms with van der Waals surface area (Å²) in [6, 6.07) is 7.43. The Morgan fingerprint density at radius 2 is 2.00 bits per heavy atom. The quantitative estimate of drug-likeness (QED) is 0.641. The molecule has 1 aliphatic rings. The van der Waals surface area contributed by atoms with E-state index in [1.807, 2.05) is 6.92 Å². The molecule has 1 aliphatic heterocycles. The van der Waals surface area contributed by atoms with Crippen LogP contribution in [-0.2, 0) is 13.1 Å². The molecule has 3 heterocycles. The van der Waals surface area contributed by atoms with E-state index < -0.39 is 0 Å². The van der Waals surface area contributed by atoms with Crippen molar-refractivity contribution in [2.45, 2.75) is 45.8 Å². The number of hydrogen-bond donors (Lipinski definition) is 1. The maximum atomic E-state index is 13.0. The van der Waals surface area contributed by atoms with Crippen LogP contribution in [0.25, 0.3) is 0 Å². The molecule has 1 fully saturated rings. The summed E-state index contributed by atoms with van der Waals surface area (Å²) in [6.45, 7) is 5.31. The molecule has 1 atom stereocenters. The van der Waals surface area contributed by atoms with Gasteiger partial charge in [-0.3, -0.25) is 14.3 Å². The van der Waals surface area contributed by atoms with Crippen LogP contribution in [0.4, 0.5) is 4.39 Å². The number of aryl methyl sites for hydroxylation is 2. The molecule has 2 amide bonds. The molecular weight excluding hydrogens is 411 g/mol. The lowest BCUT2D eigenvalue weighted by atomic mass is 10.1. The number of carbonyl (C=O) groups is 2. The zero-order valence-corrected chi connectivity index (χ0v) is 18.1. The summed E-state index contributed by atoms with van der Waals surface area (Å²) in [5, 5.41) is 7.12. The number of amides is 2. The highest BCUT2D eigenvalue weighted by Crippen LogP contribution is 2.31. The third-order valence-corrected chi connectivity index (χ3v) is 5.60. The lowest BCUT2D eigenvalue weighted by molar-refractivity contribution is 0.0722. The van der Waals surface area contributed by atoms with Gasteiger partial charge < -0.3 is 10.2 Å². The second-order valence-corrected chi connectivity index (χ2v) is 7.75.